The van der Waals surface area contributed by atoms with Crippen molar-refractivity contribution in [1.82, 2.24) is 4.90 Å². The monoisotopic (exact) mass is 300 g/mol. The lowest BCUT2D eigenvalue weighted by Crippen LogP contribution is -2.47. The molecule has 0 aromatic heterocycles. The molecule has 2 nitrogen and oxygen atoms in total. The maximum atomic E-state index is 6.62. The van der Waals surface area contributed by atoms with Crippen molar-refractivity contribution in [2.75, 3.05) is 31.1 Å². The summed E-state index contributed by atoms with van der Waals surface area (Å²) >= 11 is 6.62. The molecule has 0 radical (unpaired) electrons. The molecule has 21 heavy (non-hydrogen) atoms. The average Bonchev–Trinajstić information content (AvgIpc) is 2.56. The van der Waals surface area contributed by atoms with E-state index in [1.807, 2.05) is 18.2 Å². The first-order valence-electron chi connectivity index (χ1n) is 7.49. The number of alkyl halides is 1. The largest absolute Gasteiger partial charge is 0.369 e. The summed E-state index contributed by atoms with van der Waals surface area (Å²) in [4.78, 5) is 4.81. The van der Waals surface area contributed by atoms with Crippen LogP contribution in [0.5, 0.6) is 0 Å². The molecule has 0 spiro atoms. The number of halogens is 1. The Morgan fingerprint density at radius 3 is 2.14 bits per heavy atom. The van der Waals surface area contributed by atoms with E-state index in [4.69, 9.17) is 11.6 Å². The Morgan fingerprint density at radius 2 is 1.48 bits per heavy atom. The number of rotatable bonds is 3. The first-order chi connectivity index (χ1) is 10.3. The number of nitrogens with zero attached hydrogens (tertiary/aromatic N) is 2. The van der Waals surface area contributed by atoms with Crippen LogP contribution < -0.4 is 4.90 Å². The predicted molar refractivity (Wildman–Crippen MR) is 90.0 cm³/mol. The van der Waals surface area contributed by atoms with Crippen LogP contribution in [-0.2, 0) is 0 Å². The fourth-order valence-electron chi connectivity index (χ4n) is 2.93. The maximum absolute atomic E-state index is 6.62. The van der Waals surface area contributed by atoms with Crippen molar-refractivity contribution < 1.29 is 0 Å². The summed E-state index contributed by atoms with van der Waals surface area (Å²) in [5, 5.41) is 0. The molecule has 0 N–H and O–H groups in total. The molecule has 2 aromatic carbocycles. The zero-order valence-electron chi connectivity index (χ0n) is 12.4. The highest BCUT2D eigenvalue weighted by atomic mass is 35.5. The minimum absolute atomic E-state index is 0.0229. The van der Waals surface area contributed by atoms with Crippen LogP contribution in [0.3, 0.4) is 0 Å². The van der Waals surface area contributed by atoms with Gasteiger partial charge in [-0.1, -0.05) is 48.5 Å². The number of hydrogen-bond acceptors (Lipinski definition) is 2. The molecule has 3 rings (SSSR count). The second-order valence-electron chi connectivity index (χ2n) is 5.56. The van der Waals surface area contributed by atoms with Crippen molar-refractivity contribution in [1.29, 1.82) is 0 Å². The normalized spacial score (nSPS) is 17.7. The fourth-order valence-corrected chi connectivity index (χ4v) is 3.27. The van der Waals surface area contributed by atoms with Gasteiger partial charge in [0.2, 0.25) is 0 Å². The summed E-state index contributed by atoms with van der Waals surface area (Å²) in [5.41, 5.74) is 3.85. The van der Waals surface area contributed by atoms with Crippen LogP contribution in [0.25, 0.3) is 0 Å². The van der Waals surface area contributed by atoms with Gasteiger partial charge < -0.3 is 4.90 Å². The van der Waals surface area contributed by atoms with E-state index in [-0.39, 0.29) is 5.50 Å². The van der Waals surface area contributed by atoms with Crippen LogP contribution >= 0.6 is 11.6 Å². The molecule has 0 amide bonds. The minimum atomic E-state index is -0.0229. The van der Waals surface area contributed by atoms with E-state index in [1.165, 1.54) is 16.8 Å². The Bertz CT molecular complexity index is 577. The number of benzene rings is 2. The van der Waals surface area contributed by atoms with E-state index in [9.17, 15) is 0 Å². The van der Waals surface area contributed by atoms with Gasteiger partial charge in [0.25, 0.3) is 0 Å². The molecule has 0 bridgehead atoms. The lowest BCUT2D eigenvalue weighted by molar-refractivity contribution is 0.238. The zero-order valence-corrected chi connectivity index (χ0v) is 13.1. The average molecular weight is 301 g/mol. The zero-order chi connectivity index (χ0) is 14.7. The standard InChI is InChI=1S/C18H21ClN2/c1-15-7-5-6-10-17(15)20-11-13-21(14-12-20)18(19)16-8-3-2-4-9-16/h2-10,18H,11-14H2,1H3. The van der Waals surface area contributed by atoms with E-state index in [2.05, 4.69) is 53.1 Å². The molecular weight excluding hydrogens is 280 g/mol. The Kier molecular flexibility index (Phi) is 4.47. The number of hydrogen-bond donors (Lipinski definition) is 0. The summed E-state index contributed by atoms with van der Waals surface area (Å²) in [5.74, 6) is 0. The van der Waals surface area contributed by atoms with Gasteiger partial charge in [-0.15, -0.1) is 11.6 Å². The summed E-state index contributed by atoms with van der Waals surface area (Å²) in [6.45, 7) is 6.23. The third-order valence-corrected chi connectivity index (χ3v) is 4.69. The van der Waals surface area contributed by atoms with Gasteiger partial charge in [-0.3, -0.25) is 4.90 Å². The Hall–Kier alpha value is -1.51. The van der Waals surface area contributed by atoms with E-state index < -0.39 is 0 Å². The first-order valence-corrected chi connectivity index (χ1v) is 7.93. The Labute approximate surface area is 131 Å². The van der Waals surface area contributed by atoms with Gasteiger partial charge in [0.05, 0.1) is 0 Å². The SMILES string of the molecule is Cc1ccccc1N1CCN(C(Cl)c2ccccc2)CC1. The quantitative estimate of drug-likeness (QED) is 0.623. The fraction of sp³-hybridized carbons (Fsp3) is 0.333. The molecule has 0 saturated carbocycles. The second-order valence-corrected chi connectivity index (χ2v) is 5.97. The summed E-state index contributed by atoms with van der Waals surface area (Å²) < 4.78 is 0. The number of piperazine rings is 1. The van der Waals surface area contributed by atoms with Gasteiger partial charge in [0.15, 0.2) is 0 Å². The highest BCUT2D eigenvalue weighted by Crippen LogP contribution is 2.28. The highest BCUT2D eigenvalue weighted by molar-refractivity contribution is 6.20. The van der Waals surface area contributed by atoms with E-state index >= 15 is 0 Å². The van der Waals surface area contributed by atoms with E-state index in [0.29, 0.717) is 0 Å². The van der Waals surface area contributed by atoms with Gasteiger partial charge in [-0.2, -0.15) is 0 Å². The Balaban J connectivity index is 1.64. The van der Waals surface area contributed by atoms with Gasteiger partial charge in [-0.25, -0.2) is 0 Å². The van der Waals surface area contributed by atoms with E-state index in [0.717, 1.165) is 26.2 Å². The van der Waals surface area contributed by atoms with Crippen molar-refractivity contribution in [2.45, 2.75) is 12.4 Å². The van der Waals surface area contributed by atoms with Crippen LogP contribution in [0.4, 0.5) is 5.69 Å². The molecule has 1 fully saturated rings. The van der Waals surface area contributed by atoms with Crippen molar-refractivity contribution in [3.05, 3.63) is 65.7 Å². The minimum Gasteiger partial charge on any atom is -0.369 e. The molecule has 1 heterocycles. The van der Waals surface area contributed by atoms with E-state index in [1.54, 1.807) is 0 Å². The Morgan fingerprint density at radius 1 is 0.857 bits per heavy atom. The van der Waals surface area contributed by atoms with Crippen LogP contribution in [-0.4, -0.2) is 31.1 Å². The van der Waals surface area contributed by atoms with Crippen molar-refractivity contribution in [2.24, 2.45) is 0 Å². The molecule has 1 aliphatic rings. The maximum Gasteiger partial charge on any atom is 0.111 e. The first kappa shape index (κ1) is 14.4. The van der Waals surface area contributed by atoms with Gasteiger partial charge >= 0.3 is 0 Å². The summed E-state index contributed by atoms with van der Waals surface area (Å²) in [7, 11) is 0. The van der Waals surface area contributed by atoms with Gasteiger partial charge in [-0.05, 0) is 24.1 Å². The molecule has 1 unspecified atom stereocenters. The van der Waals surface area contributed by atoms with Crippen LogP contribution in [0.15, 0.2) is 54.6 Å². The van der Waals surface area contributed by atoms with Crippen LogP contribution in [0.1, 0.15) is 16.6 Å². The molecule has 1 atom stereocenters. The lowest BCUT2D eigenvalue weighted by Gasteiger charge is -2.38. The third kappa shape index (κ3) is 3.22. The topological polar surface area (TPSA) is 6.48 Å². The smallest absolute Gasteiger partial charge is 0.111 e. The number of para-hydroxylation sites is 1. The molecular formula is C18H21ClN2. The highest BCUT2D eigenvalue weighted by Gasteiger charge is 2.23. The van der Waals surface area contributed by atoms with Gasteiger partial charge in [0.1, 0.15) is 5.50 Å². The van der Waals surface area contributed by atoms with Crippen LogP contribution in [0.2, 0.25) is 0 Å². The molecule has 2 aromatic rings. The second kappa shape index (κ2) is 6.50. The molecule has 3 heteroatoms. The number of anilines is 1. The molecule has 0 aliphatic carbocycles. The summed E-state index contributed by atoms with van der Waals surface area (Å²) in [6.07, 6.45) is 0. The summed E-state index contributed by atoms with van der Waals surface area (Å²) in [6, 6.07) is 18.9. The lowest BCUT2D eigenvalue weighted by atomic mass is 10.1. The van der Waals surface area contributed by atoms with Crippen molar-refractivity contribution in [3.63, 3.8) is 0 Å². The molecule has 110 valence electrons. The third-order valence-electron chi connectivity index (χ3n) is 4.17. The molecule has 1 aliphatic heterocycles. The van der Waals surface area contributed by atoms with Crippen LogP contribution in [0, 0.1) is 6.92 Å². The number of aryl methyl sites for hydroxylation is 1. The van der Waals surface area contributed by atoms with Gasteiger partial charge in [0, 0.05) is 31.9 Å². The molecule has 1 saturated heterocycles. The van der Waals surface area contributed by atoms with Crippen molar-refractivity contribution in [3.8, 4) is 0 Å². The van der Waals surface area contributed by atoms with Crippen molar-refractivity contribution >= 4 is 17.3 Å². The predicted octanol–water partition coefficient (Wildman–Crippen LogP) is 4.05.